The zero-order valence-electron chi connectivity index (χ0n) is 14.7. The van der Waals surface area contributed by atoms with Crippen molar-refractivity contribution in [3.8, 4) is 11.4 Å². The van der Waals surface area contributed by atoms with Gasteiger partial charge in [-0.3, -0.25) is 9.49 Å². The number of halogens is 1. The molecule has 0 unspecified atom stereocenters. The Hall–Kier alpha value is -2.44. The Morgan fingerprint density at radius 1 is 1.28 bits per heavy atom. The van der Waals surface area contributed by atoms with Gasteiger partial charge in [-0.1, -0.05) is 30.3 Å². The highest BCUT2D eigenvalue weighted by molar-refractivity contribution is 5.75. The molecule has 1 fully saturated rings. The molecule has 0 bridgehead atoms. The van der Waals surface area contributed by atoms with Crippen LogP contribution in [-0.2, 0) is 0 Å². The van der Waals surface area contributed by atoms with Crippen molar-refractivity contribution in [2.24, 2.45) is 5.92 Å². The van der Waals surface area contributed by atoms with E-state index in [2.05, 4.69) is 15.2 Å². The second-order valence-corrected chi connectivity index (χ2v) is 6.29. The summed E-state index contributed by atoms with van der Waals surface area (Å²) in [6.45, 7) is 5.60. The number of carbonyl (C=O) groups is 1. The molecular weight excluding hydrogens is 321 g/mol. The molecule has 0 radical (unpaired) electrons. The van der Waals surface area contributed by atoms with E-state index in [-0.39, 0.29) is 17.9 Å². The van der Waals surface area contributed by atoms with Crippen molar-refractivity contribution in [1.82, 2.24) is 25.0 Å². The number of urea groups is 1. The van der Waals surface area contributed by atoms with E-state index < -0.39 is 6.67 Å². The molecule has 1 aliphatic rings. The molecule has 2 atom stereocenters. The van der Waals surface area contributed by atoms with Gasteiger partial charge in [-0.25, -0.2) is 9.78 Å². The van der Waals surface area contributed by atoms with Gasteiger partial charge in [-0.2, -0.15) is 5.10 Å². The number of benzene rings is 1. The fraction of sp³-hybridized carbons (Fsp3) is 0.500. The van der Waals surface area contributed by atoms with Crippen molar-refractivity contribution in [2.75, 3.05) is 32.9 Å². The highest BCUT2D eigenvalue weighted by atomic mass is 19.1. The second-order valence-electron chi connectivity index (χ2n) is 6.29. The summed E-state index contributed by atoms with van der Waals surface area (Å²) in [5.41, 5.74) is 0.913. The highest BCUT2D eigenvalue weighted by Gasteiger charge is 2.39. The minimum absolute atomic E-state index is 0.0336. The number of carbonyl (C=O) groups excluding carboxylic acids is 1. The number of nitrogens with one attached hydrogen (secondary N) is 1. The van der Waals surface area contributed by atoms with E-state index in [0.29, 0.717) is 37.8 Å². The number of aromatic nitrogens is 3. The van der Waals surface area contributed by atoms with Gasteiger partial charge in [0.15, 0.2) is 5.82 Å². The summed E-state index contributed by atoms with van der Waals surface area (Å²) < 4.78 is 13.6. The highest BCUT2D eigenvalue weighted by Crippen LogP contribution is 2.32. The molecule has 1 aliphatic heterocycles. The maximum absolute atomic E-state index is 13.6. The Kier molecular flexibility index (Phi) is 5.31. The van der Waals surface area contributed by atoms with Gasteiger partial charge in [0.25, 0.3) is 0 Å². The van der Waals surface area contributed by atoms with Crippen LogP contribution in [0.2, 0.25) is 0 Å². The molecule has 1 saturated heterocycles. The van der Waals surface area contributed by atoms with Crippen molar-refractivity contribution >= 4 is 6.03 Å². The van der Waals surface area contributed by atoms with E-state index in [0.717, 1.165) is 5.56 Å². The standard InChI is InChI=1S/C18H24FN5O/c1-3-23(4-2)18(25)24-11-14(10-19)15(12-24)17-20-16(21-22-17)13-8-6-5-7-9-13/h5-9,14-15H,3-4,10-12H2,1-2H3,(H,20,21,22)/t14-,15-/m1/s1. The lowest BCUT2D eigenvalue weighted by atomic mass is 9.97. The molecular formula is C18H24FN5O. The number of alkyl halides is 1. The van der Waals surface area contributed by atoms with Gasteiger partial charge in [0.05, 0.1) is 6.67 Å². The van der Waals surface area contributed by atoms with Gasteiger partial charge in [0.1, 0.15) is 5.82 Å². The number of hydrogen-bond donors (Lipinski definition) is 1. The van der Waals surface area contributed by atoms with Gasteiger partial charge in [0, 0.05) is 43.6 Å². The lowest BCUT2D eigenvalue weighted by molar-refractivity contribution is 0.165. The molecule has 0 saturated carbocycles. The summed E-state index contributed by atoms with van der Waals surface area (Å²) in [5.74, 6) is 0.837. The first-order valence-corrected chi connectivity index (χ1v) is 8.75. The first-order valence-electron chi connectivity index (χ1n) is 8.75. The fourth-order valence-electron chi connectivity index (χ4n) is 3.34. The third kappa shape index (κ3) is 3.50. The number of aromatic amines is 1. The minimum Gasteiger partial charge on any atom is -0.325 e. The second kappa shape index (κ2) is 7.63. The van der Waals surface area contributed by atoms with Crippen LogP contribution in [0.1, 0.15) is 25.6 Å². The molecule has 1 aromatic heterocycles. The van der Waals surface area contributed by atoms with Gasteiger partial charge in [-0.15, -0.1) is 0 Å². The number of H-pyrrole nitrogens is 1. The monoisotopic (exact) mass is 345 g/mol. The van der Waals surface area contributed by atoms with Crippen LogP contribution < -0.4 is 0 Å². The topological polar surface area (TPSA) is 65.1 Å². The maximum Gasteiger partial charge on any atom is 0.320 e. The molecule has 3 rings (SSSR count). The quantitative estimate of drug-likeness (QED) is 0.906. The van der Waals surface area contributed by atoms with Crippen LogP contribution in [0, 0.1) is 5.92 Å². The Morgan fingerprint density at radius 2 is 2.00 bits per heavy atom. The Labute approximate surface area is 147 Å². The minimum atomic E-state index is -0.478. The average Bonchev–Trinajstić information content (AvgIpc) is 3.30. The number of amides is 2. The molecule has 2 aromatic rings. The third-order valence-electron chi connectivity index (χ3n) is 4.83. The first kappa shape index (κ1) is 17.4. The third-order valence-corrected chi connectivity index (χ3v) is 4.83. The molecule has 1 N–H and O–H groups in total. The molecule has 134 valence electrons. The normalized spacial score (nSPS) is 20.0. The number of nitrogens with zero attached hydrogens (tertiary/aromatic N) is 4. The lowest BCUT2D eigenvalue weighted by Gasteiger charge is -2.25. The van der Waals surface area contributed by atoms with E-state index in [1.807, 2.05) is 44.2 Å². The first-order chi connectivity index (χ1) is 12.2. The molecule has 7 heteroatoms. The predicted molar refractivity (Wildman–Crippen MR) is 93.9 cm³/mol. The summed E-state index contributed by atoms with van der Waals surface area (Å²) in [4.78, 5) is 20.6. The zero-order chi connectivity index (χ0) is 17.8. The van der Waals surface area contributed by atoms with Gasteiger partial charge in [0.2, 0.25) is 0 Å². The molecule has 0 spiro atoms. The smallest absolute Gasteiger partial charge is 0.320 e. The van der Waals surface area contributed by atoms with E-state index in [1.165, 1.54) is 0 Å². The van der Waals surface area contributed by atoms with Crippen LogP contribution in [0.3, 0.4) is 0 Å². The zero-order valence-corrected chi connectivity index (χ0v) is 14.7. The van der Waals surface area contributed by atoms with Gasteiger partial charge in [-0.05, 0) is 13.8 Å². The Balaban J connectivity index is 1.78. The SMILES string of the molecule is CCN(CC)C(=O)N1C[C@@H](CF)[C@H](c2nc(-c3ccccc3)n[nH]2)C1. The van der Waals surface area contributed by atoms with Crippen molar-refractivity contribution in [3.05, 3.63) is 36.2 Å². The molecule has 0 aliphatic carbocycles. The molecule has 6 nitrogen and oxygen atoms in total. The molecule has 2 heterocycles. The average molecular weight is 345 g/mol. The van der Waals surface area contributed by atoms with E-state index in [1.54, 1.807) is 9.80 Å². The van der Waals surface area contributed by atoms with Crippen LogP contribution in [-0.4, -0.2) is 63.9 Å². The molecule has 25 heavy (non-hydrogen) atoms. The summed E-state index contributed by atoms with van der Waals surface area (Å²) in [6.07, 6.45) is 0. The molecule has 1 aromatic carbocycles. The van der Waals surface area contributed by atoms with Crippen LogP contribution in [0.5, 0.6) is 0 Å². The van der Waals surface area contributed by atoms with Crippen molar-refractivity contribution in [1.29, 1.82) is 0 Å². The van der Waals surface area contributed by atoms with Gasteiger partial charge >= 0.3 is 6.03 Å². The Bertz CT molecular complexity index is 701. The van der Waals surface area contributed by atoms with Gasteiger partial charge < -0.3 is 9.80 Å². The predicted octanol–water partition coefficient (Wildman–Crippen LogP) is 2.92. The lowest BCUT2D eigenvalue weighted by Crippen LogP contribution is -2.42. The van der Waals surface area contributed by atoms with Crippen LogP contribution in [0.15, 0.2) is 30.3 Å². The van der Waals surface area contributed by atoms with Crippen LogP contribution >= 0.6 is 0 Å². The molecule has 2 amide bonds. The van der Waals surface area contributed by atoms with Crippen LogP contribution in [0.25, 0.3) is 11.4 Å². The van der Waals surface area contributed by atoms with Crippen molar-refractivity contribution in [2.45, 2.75) is 19.8 Å². The van der Waals surface area contributed by atoms with E-state index in [4.69, 9.17) is 0 Å². The summed E-state index contributed by atoms with van der Waals surface area (Å²) in [6, 6.07) is 9.62. The number of rotatable bonds is 5. The fourth-order valence-corrected chi connectivity index (χ4v) is 3.34. The number of hydrogen-bond acceptors (Lipinski definition) is 3. The summed E-state index contributed by atoms with van der Waals surface area (Å²) in [7, 11) is 0. The Morgan fingerprint density at radius 3 is 2.64 bits per heavy atom. The van der Waals surface area contributed by atoms with Crippen molar-refractivity contribution < 1.29 is 9.18 Å². The summed E-state index contributed by atoms with van der Waals surface area (Å²) in [5, 5.41) is 7.21. The van der Waals surface area contributed by atoms with Crippen molar-refractivity contribution in [3.63, 3.8) is 0 Å². The van der Waals surface area contributed by atoms with E-state index in [9.17, 15) is 9.18 Å². The maximum atomic E-state index is 13.6. The summed E-state index contributed by atoms with van der Waals surface area (Å²) >= 11 is 0. The largest absolute Gasteiger partial charge is 0.325 e. The van der Waals surface area contributed by atoms with E-state index >= 15 is 0 Å². The van der Waals surface area contributed by atoms with Crippen LogP contribution in [0.4, 0.5) is 9.18 Å². The number of likely N-dealkylation sites (tertiary alicyclic amines) is 1.